The second-order valence-corrected chi connectivity index (χ2v) is 6.86. The number of aromatic nitrogens is 3. The summed E-state index contributed by atoms with van der Waals surface area (Å²) in [7, 11) is 0. The monoisotopic (exact) mass is 352 g/mol. The Morgan fingerprint density at radius 3 is 2.48 bits per heavy atom. The number of amides is 1. The van der Waals surface area contributed by atoms with Crippen LogP contribution in [-0.2, 0) is 4.79 Å². The van der Waals surface area contributed by atoms with Crippen LogP contribution in [0.5, 0.6) is 0 Å². The minimum absolute atomic E-state index is 0.0592. The topological polar surface area (TPSA) is 59.8 Å². The smallest absolute Gasteiger partial charge is 0.234 e. The normalized spacial score (nSPS) is 10.7. The highest BCUT2D eigenvalue weighted by molar-refractivity contribution is 7.99. The van der Waals surface area contributed by atoms with Crippen LogP contribution < -0.4 is 5.32 Å². The van der Waals surface area contributed by atoms with Crippen LogP contribution in [0.25, 0.3) is 5.69 Å². The van der Waals surface area contributed by atoms with E-state index in [9.17, 15) is 4.79 Å². The molecule has 0 aliphatic carbocycles. The molecule has 1 N–H and O–H groups in total. The van der Waals surface area contributed by atoms with E-state index in [1.165, 1.54) is 17.3 Å². The van der Waals surface area contributed by atoms with E-state index in [2.05, 4.69) is 34.5 Å². The Balaban J connectivity index is 1.61. The number of thioether (sulfide) groups is 1. The van der Waals surface area contributed by atoms with Crippen LogP contribution in [0.4, 0.5) is 5.69 Å². The lowest BCUT2D eigenvalue weighted by atomic mass is 10.1. The Bertz CT molecular complexity index is 866. The zero-order valence-electron chi connectivity index (χ0n) is 14.5. The Kier molecular flexibility index (Phi) is 5.19. The van der Waals surface area contributed by atoms with Crippen LogP contribution in [0, 0.1) is 20.8 Å². The van der Waals surface area contributed by atoms with Crippen molar-refractivity contribution in [2.75, 3.05) is 11.1 Å². The molecule has 6 heteroatoms. The lowest BCUT2D eigenvalue weighted by molar-refractivity contribution is -0.113. The number of benzene rings is 2. The summed E-state index contributed by atoms with van der Waals surface area (Å²) in [5, 5.41) is 7.97. The number of aryl methyl sites for hydroxylation is 3. The first kappa shape index (κ1) is 17.2. The average Bonchev–Trinajstić information content (AvgIpc) is 3.06. The van der Waals surface area contributed by atoms with E-state index in [1.807, 2.05) is 44.2 Å². The van der Waals surface area contributed by atoms with Gasteiger partial charge in [-0.05, 0) is 44.0 Å². The first-order valence-corrected chi connectivity index (χ1v) is 8.99. The first-order chi connectivity index (χ1) is 12.0. The summed E-state index contributed by atoms with van der Waals surface area (Å²) in [6.07, 6.45) is 1.66. The molecule has 0 bridgehead atoms. The molecular weight excluding hydrogens is 332 g/mol. The molecule has 128 valence electrons. The molecule has 0 unspecified atom stereocenters. The van der Waals surface area contributed by atoms with E-state index >= 15 is 0 Å². The summed E-state index contributed by atoms with van der Waals surface area (Å²) in [5.74, 6) is 0.210. The highest BCUT2D eigenvalue weighted by Crippen LogP contribution is 2.22. The van der Waals surface area contributed by atoms with Gasteiger partial charge in [-0.2, -0.15) is 0 Å². The van der Waals surface area contributed by atoms with Crippen molar-refractivity contribution in [3.8, 4) is 5.69 Å². The van der Waals surface area contributed by atoms with E-state index in [1.54, 1.807) is 11.0 Å². The van der Waals surface area contributed by atoms with Gasteiger partial charge in [-0.3, -0.25) is 4.79 Å². The third kappa shape index (κ3) is 4.28. The summed E-state index contributed by atoms with van der Waals surface area (Å²) >= 11 is 1.32. The summed E-state index contributed by atoms with van der Waals surface area (Å²) in [6.45, 7) is 6.06. The van der Waals surface area contributed by atoms with Crippen LogP contribution in [-0.4, -0.2) is 26.4 Å². The molecule has 0 radical (unpaired) electrons. The third-order valence-corrected chi connectivity index (χ3v) is 4.62. The van der Waals surface area contributed by atoms with Gasteiger partial charge in [0.25, 0.3) is 0 Å². The molecule has 2 aromatic carbocycles. The Morgan fingerprint density at radius 2 is 1.80 bits per heavy atom. The molecule has 0 spiro atoms. The molecule has 0 saturated carbocycles. The van der Waals surface area contributed by atoms with Crippen molar-refractivity contribution in [3.05, 3.63) is 65.5 Å². The molecule has 0 aliphatic heterocycles. The van der Waals surface area contributed by atoms with Crippen LogP contribution in [0.2, 0.25) is 0 Å². The predicted octanol–water partition coefficient (Wildman–Crippen LogP) is 3.92. The van der Waals surface area contributed by atoms with Gasteiger partial charge in [0.05, 0.1) is 11.4 Å². The molecule has 0 fully saturated rings. The highest BCUT2D eigenvalue weighted by Gasteiger charge is 2.11. The van der Waals surface area contributed by atoms with Gasteiger partial charge in [0.1, 0.15) is 6.33 Å². The van der Waals surface area contributed by atoms with Crippen molar-refractivity contribution in [2.45, 2.75) is 25.9 Å². The molecule has 0 saturated heterocycles. The Morgan fingerprint density at radius 1 is 1.12 bits per heavy atom. The lowest BCUT2D eigenvalue weighted by Gasteiger charge is -2.12. The van der Waals surface area contributed by atoms with Gasteiger partial charge in [0.15, 0.2) is 0 Å². The SMILES string of the molecule is Cc1cc(C)c(NC(=O)CSc2ncn(-c3ccccc3)n2)c(C)c1. The van der Waals surface area contributed by atoms with Gasteiger partial charge in [0.2, 0.25) is 11.1 Å². The second kappa shape index (κ2) is 7.53. The minimum Gasteiger partial charge on any atom is -0.325 e. The zero-order valence-corrected chi connectivity index (χ0v) is 15.3. The summed E-state index contributed by atoms with van der Waals surface area (Å²) in [4.78, 5) is 16.5. The van der Waals surface area contributed by atoms with E-state index < -0.39 is 0 Å². The Labute approximate surface area is 151 Å². The molecule has 5 nitrogen and oxygen atoms in total. The summed E-state index contributed by atoms with van der Waals surface area (Å²) < 4.78 is 1.70. The fourth-order valence-corrected chi connectivity index (χ4v) is 3.30. The molecule has 3 rings (SSSR count). The van der Waals surface area contributed by atoms with Crippen LogP contribution in [0.1, 0.15) is 16.7 Å². The quantitative estimate of drug-likeness (QED) is 0.707. The number of nitrogens with zero attached hydrogens (tertiary/aromatic N) is 3. The van der Waals surface area contributed by atoms with Crippen molar-refractivity contribution in [3.63, 3.8) is 0 Å². The van der Waals surface area contributed by atoms with E-state index in [0.29, 0.717) is 5.16 Å². The van der Waals surface area contributed by atoms with Gasteiger partial charge >= 0.3 is 0 Å². The highest BCUT2D eigenvalue weighted by atomic mass is 32.2. The fourth-order valence-electron chi connectivity index (χ4n) is 2.70. The number of hydrogen-bond donors (Lipinski definition) is 1. The first-order valence-electron chi connectivity index (χ1n) is 8.00. The maximum Gasteiger partial charge on any atom is 0.234 e. The molecule has 25 heavy (non-hydrogen) atoms. The molecular formula is C19H20N4OS. The number of nitrogens with one attached hydrogen (secondary N) is 1. The van der Waals surface area contributed by atoms with Crippen LogP contribution in [0.3, 0.4) is 0 Å². The van der Waals surface area contributed by atoms with E-state index in [0.717, 1.165) is 22.5 Å². The molecule has 3 aromatic rings. The predicted molar refractivity (Wildman–Crippen MR) is 101 cm³/mol. The number of anilines is 1. The second-order valence-electron chi connectivity index (χ2n) is 5.92. The number of carbonyl (C=O) groups excluding carboxylic acids is 1. The van der Waals surface area contributed by atoms with Crippen molar-refractivity contribution in [1.29, 1.82) is 0 Å². The maximum absolute atomic E-state index is 12.3. The van der Waals surface area contributed by atoms with E-state index in [4.69, 9.17) is 0 Å². The van der Waals surface area contributed by atoms with Crippen molar-refractivity contribution in [1.82, 2.24) is 14.8 Å². The maximum atomic E-state index is 12.3. The number of hydrogen-bond acceptors (Lipinski definition) is 4. The molecule has 1 amide bonds. The number of carbonyl (C=O) groups is 1. The number of rotatable bonds is 5. The molecule has 0 atom stereocenters. The van der Waals surface area contributed by atoms with Gasteiger partial charge in [-0.1, -0.05) is 47.7 Å². The zero-order chi connectivity index (χ0) is 17.8. The van der Waals surface area contributed by atoms with Crippen LogP contribution >= 0.6 is 11.8 Å². The lowest BCUT2D eigenvalue weighted by Crippen LogP contribution is -2.16. The van der Waals surface area contributed by atoms with Gasteiger partial charge < -0.3 is 5.32 Å². The molecule has 1 aromatic heterocycles. The molecule has 1 heterocycles. The van der Waals surface area contributed by atoms with E-state index in [-0.39, 0.29) is 11.7 Å². The van der Waals surface area contributed by atoms with Crippen molar-refractivity contribution < 1.29 is 4.79 Å². The molecule has 0 aliphatic rings. The van der Waals surface area contributed by atoms with Crippen molar-refractivity contribution in [2.24, 2.45) is 0 Å². The summed E-state index contributed by atoms with van der Waals surface area (Å²) in [6, 6.07) is 13.9. The largest absolute Gasteiger partial charge is 0.325 e. The number of para-hydroxylation sites is 1. The van der Waals surface area contributed by atoms with Gasteiger partial charge in [0, 0.05) is 5.69 Å². The summed E-state index contributed by atoms with van der Waals surface area (Å²) in [5.41, 5.74) is 5.17. The van der Waals surface area contributed by atoms with Crippen molar-refractivity contribution >= 4 is 23.4 Å². The fraction of sp³-hybridized carbons (Fsp3) is 0.211. The van der Waals surface area contributed by atoms with Gasteiger partial charge in [-0.25, -0.2) is 9.67 Å². The Hall–Kier alpha value is -2.60. The van der Waals surface area contributed by atoms with Crippen LogP contribution in [0.15, 0.2) is 53.9 Å². The third-order valence-electron chi connectivity index (χ3n) is 3.77. The standard InChI is InChI=1S/C19H20N4OS/c1-13-9-14(2)18(15(3)10-13)21-17(24)11-25-19-20-12-23(22-19)16-7-5-4-6-8-16/h4-10,12H,11H2,1-3H3,(H,21,24). The minimum atomic E-state index is -0.0592. The average molecular weight is 352 g/mol. The van der Waals surface area contributed by atoms with Gasteiger partial charge in [-0.15, -0.1) is 5.10 Å².